The first-order chi connectivity index (χ1) is 8.74. The summed E-state index contributed by atoms with van der Waals surface area (Å²) >= 11 is 1.42. The average molecular weight is 276 g/mol. The van der Waals surface area contributed by atoms with Crippen molar-refractivity contribution in [3.05, 3.63) is 69.0 Å². The van der Waals surface area contributed by atoms with Crippen LogP contribution in [-0.4, -0.2) is 5.97 Å². The van der Waals surface area contributed by atoms with Crippen LogP contribution >= 0.6 is 11.8 Å². The SMILES string of the molecule is O=C([O-])C1=CSC2=Cc3ccccc3C=CC2=C1.[Na+]. The molecule has 19 heavy (non-hydrogen) atoms. The minimum Gasteiger partial charge on any atom is -0.545 e. The predicted molar refractivity (Wildman–Crippen MR) is 72.2 cm³/mol. The van der Waals surface area contributed by atoms with Gasteiger partial charge in [0.05, 0.1) is 5.97 Å². The fourth-order valence-electron chi connectivity index (χ4n) is 1.94. The Morgan fingerprint density at radius 3 is 2.53 bits per heavy atom. The summed E-state index contributed by atoms with van der Waals surface area (Å²) in [5.41, 5.74) is 3.42. The number of fused-ring (bicyclic) bond motifs is 2. The molecule has 1 heterocycles. The van der Waals surface area contributed by atoms with Gasteiger partial charge in [0.25, 0.3) is 0 Å². The minimum atomic E-state index is -1.13. The Kier molecular flexibility index (Phi) is 4.53. The maximum absolute atomic E-state index is 10.9. The first kappa shape index (κ1) is 14.4. The van der Waals surface area contributed by atoms with Crippen LogP contribution in [-0.2, 0) is 4.79 Å². The molecule has 88 valence electrons. The first-order valence-corrected chi connectivity index (χ1v) is 6.41. The van der Waals surface area contributed by atoms with Crippen LogP contribution in [0.2, 0.25) is 0 Å². The summed E-state index contributed by atoms with van der Waals surface area (Å²) in [5.74, 6) is -1.13. The number of aliphatic carboxylic acids is 1. The number of carboxylic acids is 1. The van der Waals surface area contributed by atoms with E-state index in [1.807, 2.05) is 36.4 Å². The summed E-state index contributed by atoms with van der Waals surface area (Å²) in [6.07, 6.45) is 7.68. The molecule has 0 unspecified atom stereocenters. The normalized spacial score (nSPS) is 15.9. The summed E-state index contributed by atoms with van der Waals surface area (Å²) in [6.45, 7) is 0. The van der Waals surface area contributed by atoms with Gasteiger partial charge in [-0.2, -0.15) is 0 Å². The number of hydrogen-bond donors (Lipinski definition) is 0. The van der Waals surface area contributed by atoms with E-state index in [4.69, 9.17) is 0 Å². The second-order valence-electron chi connectivity index (χ2n) is 4.05. The largest absolute Gasteiger partial charge is 1.00 e. The van der Waals surface area contributed by atoms with E-state index in [1.165, 1.54) is 11.8 Å². The Balaban J connectivity index is 0.00000133. The molecule has 2 nitrogen and oxygen atoms in total. The molecule has 4 heteroatoms. The second-order valence-corrected chi connectivity index (χ2v) is 4.96. The fraction of sp³-hybridized carbons (Fsp3) is 0. The van der Waals surface area contributed by atoms with Crippen LogP contribution in [0.4, 0.5) is 0 Å². The quantitative estimate of drug-likeness (QED) is 0.641. The third-order valence-electron chi connectivity index (χ3n) is 2.87. The molecule has 1 aliphatic heterocycles. The molecule has 1 aliphatic carbocycles. The van der Waals surface area contributed by atoms with Crippen LogP contribution < -0.4 is 34.7 Å². The van der Waals surface area contributed by atoms with Crippen LogP contribution in [0.3, 0.4) is 0 Å². The van der Waals surface area contributed by atoms with Crippen molar-refractivity contribution in [2.45, 2.75) is 0 Å². The molecule has 3 rings (SSSR count). The maximum Gasteiger partial charge on any atom is 1.00 e. The number of rotatable bonds is 1. The van der Waals surface area contributed by atoms with Gasteiger partial charge >= 0.3 is 29.6 Å². The molecule has 2 aliphatic rings. The second kappa shape index (κ2) is 5.97. The first-order valence-electron chi connectivity index (χ1n) is 5.53. The van der Waals surface area contributed by atoms with Crippen molar-refractivity contribution in [2.24, 2.45) is 0 Å². The Morgan fingerprint density at radius 2 is 1.79 bits per heavy atom. The van der Waals surface area contributed by atoms with Gasteiger partial charge in [0.1, 0.15) is 0 Å². The fourth-order valence-corrected chi connectivity index (χ4v) is 2.81. The molecular formula is C15H9NaO2S. The summed E-state index contributed by atoms with van der Waals surface area (Å²) in [4.78, 5) is 11.9. The van der Waals surface area contributed by atoms with Gasteiger partial charge in [0.15, 0.2) is 0 Å². The van der Waals surface area contributed by atoms with E-state index in [-0.39, 0.29) is 35.1 Å². The van der Waals surface area contributed by atoms with Crippen molar-refractivity contribution >= 4 is 29.9 Å². The molecule has 0 aromatic heterocycles. The van der Waals surface area contributed by atoms with Crippen molar-refractivity contribution in [1.82, 2.24) is 0 Å². The van der Waals surface area contributed by atoms with Crippen molar-refractivity contribution in [2.75, 3.05) is 0 Å². The van der Waals surface area contributed by atoms with E-state index in [2.05, 4.69) is 6.08 Å². The van der Waals surface area contributed by atoms with Gasteiger partial charge in [-0.15, -0.1) is 0 Å². The molecule has 0 amide bonds. The van der Waals surface area contributed by atoms with E-state index < -0.39 is 5.97 Å². The number of allylic oxidation sites excluding steroid dienone is 2. The zero-order valence-electron chi connectivity index (χ0n) is 10.4. The predicted octanol–water partition coefficient (Wildman–Crippen LogP) is -0.635. The van der Waals surface area contributed by atoms with E-state index >= 15 is 0 Å². The number of hydrogen-bond acceptors (Lipinski definition) is 3. The molecule has 0 bridgehead atoms. The van der Waals surface area contributed by atoms with E-state index in [0.717, 1.165) is 21.6 Å². The molecule has 1 aromatic rings. The van der Waals surface area contributed by atoms with Gasteiger partial charge in [0, 0.05) is 10.5 Å². The number of benzene rings is 1. The van der Waals surface area contributed by atoms with Crippen LogP contribution in [0, 0.1) is 0 Å². The van der Waals surface area contributed by atoms with Crippen LogP contribution in [0.5, 0.6) is 0 Å². The maximum atomic E-state index is 10.9. The van der Waals surface area contributed by atoms with Gasteiger partial charge in [0.2, 0.25) is 0 Å². The van der Waals surface area contributed by atoms with Crippen LogP contribution in [0.15, 0.2) is 57.9 Å². The Morgan fingerprint density at radius 1 is 1.05 bits per heavy atom. The smallest absolute Gasteiger partial charge is 0.545 e. The number of carboxylic acid groups (broad SMARTS) is 1. The number of carbonyl (C=O) groups excluding carboxylic acids is 1. The molecule has 1 aromatic carbocycles. The Bertz CT molecular complexity index is 654. The average Bonchev–Trinajstić information content (AvgIpc) is 2.56. The third kappa shape index (κ3) is 2.95. The van der Waals surface area contributed by atoms with Gasteiger partial charge in [-0.3, -0.25) is 0 Å². The van der Waals surface area contributed by atoms with Crippen LogP contribution in [0.25, 0.3) is 12.2 Å². The molecule has 0 atom stereocenters. The van der Waals surface area contributed by atoms with E-state index in [1.54, 1.807) is 11.5 Å². The third-order valence-corrected chi connectivity index (χ3v) is 3.85. The Hall–Kier alpha value is -1.000. The zero-order valence-corrected chi connectivity index (χ0v) is 13.2. The molecule has 0 spiro atoms. The minimum absolute atomic E-state index is 0. The molecule has 0 N–H and O–H groups in total. The molecule has 0 radical (unpaired) electrons. The molecular weight excluding hydrogens is 267 g/mol. The van der Waals surface area contributed by atoms with E-state index in [0.29, 0.717) is 0 Å². The monoisotopic (exact) mass is 276 g/mol. The molecule has 0 saturated carbocycles. The van der Waals surface area contributed by atoms with Crippen molar-refractivity contribution in [3.63, 3.8) is 0 Å². The van der Waals surface area contributed by atoms with Crippen LogP contribution in [0.1, 0.15) is 11.1 Å². The summed E-state index contributed by atoms with van der Waals surface area (Å²) < 4.78 is 0. The van der Waals surface area contributed by atoms with Gasteiger partial charge in [-0.1, -0.05) is 48.2 Å². The standard InChI is InChI=1S/C15H10O2S.Na/c16-15(17)13-7-12-6-5-10-3-1-2-4-11(10)8-14(12)18-9-13;/h1-9H,(H,16,17);/q;+1/p-1. The summed E-state index contributed by atoms with van der Waals surface area (Å²) in [7, 11) is 0. The molecule has 0 saturated heterocycles. The number of carbonyl (C=O) groups is 1. The molecule has 0 fully saturated rings. The number of thioether (sulfide) groups is 1. The zero-order chi connectivity index (χ0) is 12.5. The van der Waals surface area contributed by atoms with Crippen molar-refractivity contribution in [3.8, 4) is 0 Å². The van der Waals surface area contributed by atoms with Crippen molar-refractivity contribution < 1.29 is 39.5 Å². The van der Waals surface area contributed by atoms with E-state index in [9.17, 15) is 9.90 Å². The topological polar surface area (TPSA) is 40.1 Å². The van der Waals surface area contributed by atoms with Gasteiger partial charge in [-0.05, 0) is 34.3 Å². The summed E-state index contributed by atoms with van der Waals surface area (Å²) in [5, 5.41) is 12.5. The van der Waals surface area contributed by atoms with Gasteiger partial charge < -0.3 is 9.90 Å². The van der Waals surface area contributed by atoms with Gasteiger partial charge in [-0.25, -0.2) is 0 Å². The Labute approximate surface area is 137 Å². The van der Waals surface area contributed by atoms with Crippen molar-refractivity contribution in [1.29, 1.82) is 0 Å². The summed E-state index contributed by atoms with van der Waals surface area (Å²) in [6, 6.07) is 8.07.